The summed E-state index contributed by atoms with van der Waals surface area (Å²) in [5, 5.41) is 8.89. The number of likely N-dealkylation sites (tertiary alicyclic amines) is 1. The zero-order valence-electron chi connectivity index (χ0n) is 10.7. The van der Waals surface area contributed by atoms with Gasteiger partial charge in [-0.05, 0) is 43.7 Å². The van der Waals surface area contributed by atoms with Gasteiger partial charge in [-0.25, -0.2) is 4.39 Å². The lowest BCUT2D eigenvalue weighted by Gasteiger charge is -2.15. The van der Waals surface area contributed by atoms with Crippen molar-refractivity contribution in [1.29, 1.82) is 0 Å². The molecule has 1 fully saturated rings. The van der Waals surface area contributed by atoms with Crippen LogP contribution in [0.4, 0.5) is 4.39 Å². The van der Waals surface area contributed by atoms with Crippen molar-refractivity contribution in [2.75, 3.05) is 26.2 Å². The van der Waals surface area contributed by atoms with Crippen LogP contribution in [0.15, 0.2) is 24.3 Å². The third-order valence-electron chi connectivity index (χ3n) is 3.32. The van der Waals surface area contributed by atoms with Gasteiger partial charge in [-0.15, -0.1) is 0 Å². The molecule has 1 aromatic carbocycles. The summed E-state index contributed by atoms with van der Waals surface area (Å²) in [7, 11) is 0. The summed E-state index contributed by atoms with van der Waals surface area (Å²) in [5.74, 6) is -0.543. The van der Waals surface area contributed by atoms with E-state index in [-0.39, 0.29) is 11.7 Å². The normalized spacial score (nSPS) is 19.5. The second-order valence-corrected chi connectivity index (χ2v) is 4.78. The lowest BCUT2D eigenvalue weighted by molar-refractivity contribution is -0.141. The van der Waals surface area contributed by atoms with Crippen LogP contribution in [-0.2, 0) is 4.79 Å². The third-order valence-corrected chi connectivity index (χ3v) is 3.32. The molecular formula is C14H18FNO3. The molecule has 1 atom stereocenters. The molecule has 0 spiro atoms. The number of carboxylic acid groups (broad SMARTS) is 1. The molecule has 1 N–H and O–H groups in total. The molecule has 0 radical (unpaired) electrons. The minimum absolute atomic E-state index is 0.224. The van der Waals surface area contributed by atoms with Crippen LogP contribution >= 0.6 is 0 Å². The number of halogens is 1. The number of ether oxygens (including phenoxy) is 1. The van der Waals surface area contributed by atoms with E-state index in [0.29, 0.717) is 18.9 Å². The lowest BCUT2D eigenvalue weighted by atomic mass is 10.1. The maximum Gasteiger partial charge on any atom is 0.307 e. The van der Waals surface area contributed by atoms with Crippen molar-refractivity contribution in [3.63, 3.8) is 0 Å². The van der Waals surface area contributed by atoms with Gasteiger partial charge in [0, 0.05) is 13.1 Å². The van der Waals surface area contributed by atoms with E-state index in [4.69, 9.17) is 9.84 Å². The molecule has 1 aliphatic rings. The number of carboxylic acids is 1. The second kappa shape index (κ2) is 6.52. The highest BCUT2D eigenvalue weighted by Crippen LogP contribution is 2.16. The van der Waals surface area contributed by atoms with E-state index < -0.39 is 5.97 Å². The van der Waals surface area contributed by atoms with Crippen molar-refractivity contribution < 1.29 is 19.0 Å². The van der Waals surface area contributed by atoms with E-state index in [2.05, 4.69) is 4.90 Å². The molecule has 0 aliphatic carbocycles. The van der Waals surface area contributed by atoms with Crippen molar-refractivity contribution in [1.82, 2.24) is 4.90 Å². The number of hydrogen-bond donors (Lipinski definition) is 1. The number of hydrogen-bond acceptors (Lipinski definition) is 3. The monoisotopic (exact) mass is 267 g/mol. The fourth-order valence-electron chi connectivity index (χ4n) is 2.25. The molecule has 1 heterocycles. The smallest absolute Gasteiger partial charge is 0.307 e. The van der Waals surface area contributed by atoms with Gasteiger partial charge in [0.15, 0.2) is 0 Å². The topological polar surface area (TPSA) is 49.8 Å². The van der Waals surface area contributed by atoms with Crippen LogP contribution in [0.25, 0.3) is 0 Å². The van der Waals surface area contributed by atoms with Gasteiger partial charge in [-0.1, -0.05) is 0 Å². The standard InChI is InChI=1S/C14H18FNO3/c15-12-2-4-13(5-3-12)19-9-1-7-16-8-6-11(10-16)14(17)18/h2-5,11H,1,6-10H2,(H,17,18)/t11-/m1/s1. The van der Waals surface area contributed by atoms with Crippen LogP contribution in [0.5, 0.6) is 5.75 Å². The van der Waals surface area contributed by atoms with Crippen LogP contribution in [-0.4, -0.2) is 42.2 Å². The number of benzene rings is 1. The van der Waals surface area contributed by atoms with Gasteiger partial charge >= 0.3 is 5.97 Å². The van der Waals surface area contributed by atoms with Crippen molar-refractivity contribution in [3.8, 4) is 5.75 Å². The van der Waals surface area contributed by atoms with Crippen LogP contribution in [0, 0.1) is 11.7 Å². The van der Waals surface area contributed by atoms with E-state index in [9.17, 15) is 9.18 Å². The first-order chi connectivity index (χ1) is 9.15. The Labute approximate surface area is 111 Å². The van der Waals surface area contributed by atoms with Gasteiger partial charge in [0.2, 0.25) is 0 Å². The third kappa shape index (κ3) is 4.21. The molecule has 5 heteroatoms. The molecular weight excluding hydrogens is 249 g/mol. The molecule has 0 bridgehead atoms. The Bertz CT molecular complexity index is 421. The summed E-state index contributed by atoms with van der Waals surface area (Å²) in [6, 6.07) is 5.94. The van der Waals surface area contributed by atoms with Crippen LogP contribution in [0.3, 0.4) is 0 Å². The fraction of sp³-hybridized carbons (Fsp3) is 0.500. The zero-order valence-corrected chi connectivity index (χ0v) is 10.7. The van der Waals surface area contributed by atoms with Crippen LogP contribution < -0.4 is 4.74 Å². The first kappa shape index (κ1) is 13.8. The Morgan fingerprint density at radius 1 is 1.42 bits per heavy atom. The van der Waals surface area contributed by atoms with E-state index in [1.807, 2.05) is 0 Å². The molecule has 2 rings (SSSR count). The molecule has 0 unspecified atom stereocenters. The van der Waals surface area contributed by atoms with E-state index >= 15 is 0 Å². The summed E-state index contributed by atoms with van der Waals surface area (Å²) >= 11 is 0. The van der Waals surface area contributed by atoms with Crippen LogP contribution in [0.1, 0.15) is 12.8 Å². The van der Waals surface area contributed by atoms with Gasteiger partial charge in [0.25, 0.3) is 0 Å². The molecule has 0 saturated carbocycles. The summed E-state index contributed by atoms with van der Waals surface area (Å²) in [4.78, 5) is 13.0. The molecule has 19 heavy (non-hydrogen) atoms. The summed E-state index contributed by atoms with van der Waals surface area (Å²) in [6.45, 7) is 2.87. The van der Waals surface area contributed by atoms with Gasteiger partial charge in [-0.3, -0.25) is 4.79 Å². The van der Waals surface area contributed by atoms with E-state index in [0.717, 1.165) is 25.9 Å². The number of rotatable bonds is 6. The lowest BCUT2D eigenvalue weighted by Crippen LogP contribution is -2.25. The predicted molar refractivity (Wildman–Crippen MR) is 68.7 cm³/mol. The number of aliphatic carboxylic acids is 1. The predicted octanol–water partition coefficient (Wildman–Crippen LogP) is 2.00. The molecule has 0 aromatic heterocycles. The van der Waals surface area contributed by atoms with Crippen molar-refractivity contribution in [2.24, 2.45) is 5.92 Å². The summed E-state index contributed by atoms with van der Waals surface area (Å²) in [6.07, 6.45) is 1.57. The SMILES string of the molecule is O=C(O)[C@@H]1CCN(CCCOc2ccc(F)cc2)C1. The first-order valence-electron chi connectivity index (χ1n) is 6.48. The molecule has 104 valence electrons. The number of carbonyl (C=O) groups is 1. The Hall–Kier alpha value is -1.62. The van der Waals surface area contributed by atoms with Crippen LogP contribution in [0.2, 0.25) is 0 Å². The summed E-state index contributed by atoms with van der Waals surface area (Å²) < 4.78 is 18.2. The second-order valence-electron chi connectivity index (χ2n) is 4.78. The fourth-order valence-corrected chi connectivity index (χ4v) is 2.25. The van der Waals surface area contributed by atoms with Gasteiger partial charge in [0.05, 0.1) is 12.5 Å². The molecule has 1 aromatic rings. The summed E-state index contributed by atoms with van der Waals surface area (Å²) in [5.41, 5.74) is 0. The average Bonchev–Trinajstić information content (AvgIpc) is 2.86. The number of nitrogens with zero attached hydrogens (tertiary/aromatic N) is 1. The Morgan fingerprint density at radius 3 is 2.79 bits per heavy atom. The highest BCUT2D eigenvalue weighted by Gasteiger charge is 2.27. The Kier molecular flexibility index (Phi) is 4.74. The Morgan fingerprint density at radius 2 is 2.16 bits per heavy atom. The quantitative estimate of drug-likeness (QED) is 0.801. The van der Waals surface area contributed by atoms with Gasteiger partial charge in [0.1, 0.15) is 11.6 Å². The van der Waals surface area contributed by atoms with E-state index in [1.54, 1.807) is 12.1 Å². The maximum absolute atomic E-state index is 12.7. The zero-order chi connectivity index (χ0) is 13.7. The molecule has 1 aliphatic heterocycles. The van der Waals surface area contributed by atoms with Gasteiger partial charge in [-0.2, -0.15) is 0 Å². The van der Waals surface area contributed by atoms with Crippen molar-refractivity contribution in [3.05, 3.63) is 30.1 Å². The van der Waals surface area contributed by atoms with Gasteiger partial charge < -0.3 is 14.7 Å². The minimum Gasteiger partial charge on any atom is -0.494 e. The average molecular weight is 267 g/mol. The largest absolute Gasteiger partial charge is 0.494 e. The first-order valence-corrected chi connectivity index (χ1v) is 6.48. The highest BCUT2D eigenvalue weighted by atomic mass is 19.1. The Balaban J connectivity index is 1.62. The minimum atomic E-state index is -0.704. The van der Waals surface area contributed by atoms with E-state index in [1.165, 1.54) is 12.1 Å². The van der Waals surface area contributed by atoms with Crippen molar-refractivity contribution >= 4 is 5.97 Å². The molecule has 0 amide bonds. The highest BCUT2D eigenvalue weighted by molar-refractivity contribution is 5.70. The van der Waals surface area contributed by atoms with Crippen molar-refractivity contribution in [2.45, 2.75) is 12.8 Å². The molecule has 1 saturated heterocycles. The molecule has 4 nitrogen and oxygen atoms in total. The maximum atomic E-state index is 12.7.